The van der Waals surface area contributed by atoms with Crippen LogP contribution in [0.4, 0.5) is 10.1 Å². The fraction of sp³-hybridized carbons (Fsp3) is 0.235. The highest BCUT2D eigenvalue weighted by Crippen LogP contribution is 2.14. The molecular formula is C17H19FN2O4S. The Hall–Kier alpha value is -2.45. The van der Waals surface area contributed by atoms with Crippen LogP contribution in [0.5, 0.6) is 5.75 Å². The maximum Gasteiger partial charge on any atom is 0.262 e. The summed E-state index contributed by atoms with van der Waals surface area (Å²) in [6.45, 7) is 0.0261. The van der Waals surface area contributed by atoms with Gasteiger partial charge >= 0.3 is 0 Å². The molecule has 2 aromatic rings. The molecule has 25 heavy (non-hydrogen) atoms. The molecule has 0 fully saturated rings. The molecule has 1 amide bonds. The largest absolute Gasteiger partial charge is 0.484 e. The Morgan fingerprint density at radius 2 is 1.88 bits per heavy atom. The molecule has 0 aromatic heterocycles. The molecule has 2 rings (SSSR count). The number of hydrogen-bond acceptors (Lipinski definition) is 4. The first-order valence-electron chi connectivity index (χ1n) is 7.42. The quantitative estimate of drug-likeness (QED) is 0.815. The number of amides is 1. The second-order valence-electron chi connectivity index (χ2n) is 5.51. The molecule has 0 aliphatic heterocycles. The number of nitrogens with one attached hydrogen (secondary N) is 1. The van der Waals surface area contributed by atoms with E-state index in [2.05, 4.69) is 5.32 Å². The average Bonchev–Trinajstić information content (AvgIpc) is 2.53. The minimum Gasteiger partial charge on any atom is -0.484 e. The van der Waals surface area contributed by atoms with Gasteiger partial charge < -0.3 is 10.1 Å². The lowest BCUT2D eigenvalue weighted by molar-refractivity contribution is -0.118. The van der Waals surface area contributed by atoms with Crippen LogP contribution in [0.25, 0.3) is 0 Å². The number of anilines is 1. The standard InChI is InChI=1S/C17H19FN2O4S/c1-20(25(2,22)23)11-13-6-8-16(9-7-13)24-12-17(21)19-15-5-3-4-14(18)10-15/h3-10H,11-12H2,1-2H3,(H,19,21). The molecular weight excluding hydrogens is 347 g/mol. The predicted octanol–water partition coefficient (Wildman–Crippen LogP) is 2.23. The van der Waals surface area contributed by atoms with E-state index in [4.69, 9.17) is 4.74 Å². The molecule has 0 unspecified atom stereocenters. The number of ether oxygens (including phenoxy) is 1. The van der Waals surface area contributed by atoms with E-state index in [0.717, 1.165) is 11.8 Å². The van der Waals surface area contributed by atoms with Crippen molar-refractivity contribution in [2.75, 3.05) is 25.2 Å². The predicted molar refractivity (Wildman–Crippen MR) is 93.3 cm³/mol. The first-order chi connectivity index (χ1) is 11.7. The van der Waals surface area contributed by atoms with Crippen molar-refractivity contribution < 1.29 is 22.3 Å². The molecule has 0 saturated carbocycles. The molecule has 0 spiro atoms. The average molecular weight is 366 g/mol. The van der Waals surface area contributed by atoms with Crippen molar-refractivity contribution in [2.45, 2.75) is 6.54 Å². The summed E-state index contributed by atoms with van der Waals surface area (Å²) < 4.78 is 42.4. The summed E-state index contributed by atoms with van der Waals surface area (Å²) in [4.78, 5) is 11.8. The number of rotatable bonds is 7. The highest BCUT2D eigenvalue weighted by atomic mass is 32.2. The third-order valence-corrected chi connectivity index (χ3v) is 4.63. The van der Waals surface area contributed by atoms with Crippen LogP contribution in [0.1, 0.15) is 5.56 Å². The normalized spacial score (nSPS) is 11.4. The van der Waals surface area contributed by atoms with Gasteiger partial charge in [0, 0.05) is 19.3 Å². The summed E-state index contributed by atoms with van der Waals surface area (Å²) in [7, 11) is -1.75. The third-order valence-electron chi connectivity index (χ3n) is 3.37. The Kier molecular flexibility index (Phi) is 6.11. The molecule has 0 bridgehead atoms. The molecule has 0 saturated heterocycles. The van der Waals surface area contributed by atoms with Gasteiger partial charge in [-0.1, -0.05) is 18.2 Å². The van der Waals surface area contributed by atoms with Crippen LogP contribution in [-0.2, 0) is 21.4 Å². The number of halogens is 1. The summed E-state index contributed by atoms with van der Waals surface area (Å²) in [5.41, 5.74) is 1.15. The smallest absolute Gasteiger partial charge is 0.262 e. The molecule has 0 aliphatic rings. The monoisotopic (exact) mass is 366 g/mol. The van der Waals surface area contributed by atoms with Crippen molar-refractivity contribution in [1.29, 1.82) is 0 Å². The lowest BCUT2D eigenvalue weighted by atomic mass is 10.2. The van der Waals surface area contributed by atoms with Gasteiger partial charge in [0.25, 0.3) is 5.91 Å². The molecule has 0 aliphatic carbocycles. The molecule has 2 aromatic carbocycles. The minimum absolute atomic E-state index is 0.223. The van der Waals surface area contributed by atoms with Crippen LogP contribution in [0, 0.1) is 5.82 Å². The minimum atomic E-state index is -3.24. The van der Waals surface area contributed by atoms with Crippen molar-refractivity contribution in [3.8, 4) is 5.75 Å². The Morgan fingerprint density at radius 3 is 2.48 bits per heavy atom. The van der Waals surface area contributed by atoms with Gasteiger partial charge in [-0.15, -0.1) is 0 Å². The van der Waals surface area contributed by atoms with Crippen molar-refractivity contribution >= 4 is 21.6 Å². The van der Waals surface area contributed by atoms with E-state index in [1.807, 2.05) is 0 Å². The lowest BCUT2D eigenvalue weighted by Gasteiger charge is -2.14. The highest BCUT2D eigenvalue weighted by Gasteiger charge is 2.11. The van der Waals surface area contributed by atoms with Gasteiger partial charge in [-0.3, -0.25) is 4.79 Å². The molecule has 134 valence electrons. The van der Waals surface area contributed by atoms with E-state index >= 15 is 0 Å². The summed E-state index contributed by atoms with van der Waals surface area (Å²) in [5, 5.41) is 2.53. The Morgan fingerprint density at radius 1 is 1.20 bits per heavy atom. The van der Waals surface area contributed by atoms with Crippen molar-refractivity contribution in [3.05, 3.63) is 59.9 Å². The maximum atomic E-state index is 13.0. The van der Waals surface area contributed by atoms with Crippen LogP contribution in [0.3, 0.4) is 0 Å². The highest BCUT2D eigenvalue weighted by molar-refractivity contribution is 7.88. The third kappa shape index (κ3) is 6.17. The van der Waals surface area contributed by atoms with Gasteiger partial charge in [-0.05, 0) is 35.9 Å². The van der Waals surface area contributed by atoms with E-state index in [1.165, 1.54) is 29.6 Å². The van der Waals surface area contributed by atoms with Crippen LogP contribution >= 0.6 is 0 Å². The van der Waals surface area contributed by atoms with Crippen LogP contribution in [0.15, 0.2) is 48.5 Å². The van der Waals surface area contributed by atoms with Gasteiger partial charge in [0.1, 0.15) is 11.6 Å². The number of carbonyl (C=O) groups is 1. The Labute approximate surface area is 146 Å². The summed E-state index contributed by atoms with van der Waals surface area (Å²) in [6, 6.07) is 12.3. The van der Waals surface area contributed by atoms with Crippen molar-refractivity contribution in [1.82, 2.24) is 4.31 Å². The molecule has 0 radical (unpaired) electrons. The van der Waals surface area contributed by atoms with E-state index in [-0.39, 0.29) is 13.2 Å². The number of benzene rings is 2. The van der Waals surface area contributed by atoms with E-state index in [0.29, 0.717) is 11.4 Å². The SMILES string of the molecule is CN(Cc1ccc(OCC(=O)Nc2cccc(F)c2)cc1)S(C)(=O)=O. The Bertz CT molecular complexity index is 838. The first-order valence-corrected chi connectivity index (χ1v) is 9.27. The van der Waals surface area contributed by atoms with Gasteiger partial charge in [0.2, 0.25) is 10.0 Å². The fourth-order valence-electron chi connectivity index (χ4n) is 1.98. The number of nitrogens with zero attached hydrogens (tertiary/aromatic N) is 1. The Balaban J connectivity index is 1.86. The molecule has 0 heterocycles. The van der Waals surface area contributed by atoms with Crippen molar-refractivity contribution in [2.24, 2.45) is 0 Å². The number of hydrogen-bond donors (Lipinski definition) is 1. The zero-order valence-corrected chi connectivity index (χ0v) is 14.7. The van der Waals surface area contributed by atoms with E-state index in [1.54, 1.807) is 30.3 Å². The maximum absolute atomic E-state index is 13.0. The lowest BCUT2D eigenvalue weighted by Crippen LogP contribution is -2.24. The summed E-state index contributed by atoms with van der Waals surface area (Å²) >= 11 is 0. The van der Waals surface area contributed by atoms with Crippen LogP contribution < -0.4 is 10.1 Å². The number of sulfonamides is 1. The fourth-order valence-corrected chi connectivity index (χ4v) is 2.36. The van der Waals surface area contributed by atoms with Crippen LogP contribution in [-0.4, -0.2) is 38.5 Å². The zero-order valence-electron chi connectivity index (χ0n) is 13.9. The second-order valence-corrected chi connectivity index (χ2v) is 7.60. The van der Waals surface area contributed by atoms with E-state index < -0.39 is 21.7 Å². The number of carbonyl (C=O) groups excluding carboxylic acids is 1. The first kappa shape index (κ1) is 18.9. The van der Waals surface area contributed by atoms with Gasteiger partial charge in [0.15, 0.2) is 6.61 Å². The molecule has 8 heteroatoms. The summed E-state index contributed by atoms with van der Waals surface area (Å²) in [6.07, 6.45) is 1.14. The van der Waals surface area contributed by atoms with Gasteiger partial charge in [-0.2, -0.15) is 0 Å². The van der Waals surface area contributed by atoms with Crippen LogP contribution in [0.2, 0.25) is 0 Å². The zero-order chi connectivity index (χ0) is 18.4. The molecule has 0 atom stereocenters. The second kappa shape index (κ2) is 8.09. The van der Waals surface area contributed by atoms with E-state index in [9.17, 15) is 17.6 Å². The van der Waals surface area contributed by atoms with Gasteiger partial charge in [0.05, 0.1) is 6.26 Å². The summed E-state index contributed by atoms with van der Waals surface area (Å²) in [5.74, 6) is -0.375. The molecule has 1 N–H and O–H groups in total. The topological polar surface area (TPSA) is 75.7 Å². The molecule has 6 nitrogen and oxygen atoms in total. The van der Waals surface area contributed by atoms with Gasteiger partial charge in [-0.25, -0.2) is 17.1 Å². The van der Waals surface area contributed by atoms with Crippen molar-refractivity contribution in [3.63, 3.8) is 0 Å².